The van der Waals surface area contributed by atoms with Crippen molar-refractivity contribution in [2.24, 2.45) is 0 Å². The summed E-state index contributed by atoms with van der Waals surface area (Å²) in [5.41, 5.74) is 0. The molecule has 0 heterocycles. The molecule has 0 fully saturated rings. The molecule has 0 aliphatic heterocycles. The molecule has 0 bridgehead atoms. The number of halogens is 2. The van der Waals surface area contributed by atoms with Gasteiger partial charge in [0.15, 0.2) is 24.4 Å². The van der Waals surface area contributed by atoms with E-state index in [4.69, 9.17) is 9.05 Å². The maximum Gasteiger partial charge on any atom is 0.179 e. The van der Waals surface area contributed by atoms with Crippen LogP contribution in [0, 0.1) is 0 Å². The monoisotopic (exact) mass is 892 g/mol. The first-order valence-electron chi connectivity index (χ1n) is 18.0. The van der Waals surface area contributed by atoms with E-state index in [1.54, 1.807) is 0 Å². The first-order valence-corrected chi connectivity index (χ1v) is 24.1. The molecule has 0 amide bonds. The Morgan fingerprint density at radius 1 is 0.291 bits per heavy atom. The fourth-order valence-electron chi connectivity index (χ4n) is 6.90. The average Bonchev–Trinajstić information content (AvgIpc) is 3.25. The van der Waals surface area contributed by atoms with E-state index in [0.717, 1.165) is 20.4 Å². The van der Waals surface area contributed by atoms with Gasteiger partial charge in [0, 0.05) is 30.2 Å². The Labute approximate surface area is 343 Å². The smallest absolute Gasteiger partial charge is 0.179 e. The third kappa shape index (κ3) is 8.33. The molecule has 8 rings (SSSR count). The summed E-state index contributed by atoms with van der Waals surface area (Å²) in [5.74, 6) is 1.69. The predicted octanol–water partition coefficient (Wildman–Crippen LogP) is 9.44. The Kier molecular flexibility index (Phi) is 11.9. The van der Waals surface area contributed by atoms with Crippen LogP contribution in [0.5, 0.6) is 11.5 Å². The van der Waals surface area contributed by atoms with Gasteiger partial charge in [0.25, 0.3) is 0 Å². The van der Waals surface area contributed by atoms with E-state index in [0.29, 0.717) is 0 Å². The molecule has 8 aromatic carbocycles. The number of benzene rings is 8. The largest absolute Gasteiger partial charge is 0.464 e. The molecule has 8 aromatic rings. The maximum absolute atomic E-state index is 6.88. The van der Waals surface area contributed by atoms with Gasteiger partial charge in [-0.2, -0.15) is 0 Å². The van der Waals surface area contributed by atoms with Gasteiger partial charge in [-0.25, -0.2) is 0 Å². The number of hydrogen-bond donors (Lipinski definition) is 0. The van der Waals surface area contributed by atoms with Crippen molar-refractivity contribution in [3.8, 4) is 11.5 Å². The van der Waals surface area contributed by atoms with Gasteiger partial charge in [-0.15, -0.1) is 0 Å². The lowest BCUT2D eigenvalue weighted by Gasteiger charge is -2.35. The fraction of sp³-hybridized carbons (Fsp3) is 0. The van der Waals surface area contributed by atoms with Crippen molar-refractivity contribution in [3.05, 3.63) is 227 Å². The number of rotatable bonds is 12. The van der Waals surface area contributed by atoms with Gasteiger partial charge in [0.05, 0.1) is 0 Å². The maximum atomic E-state index is 6.88. The van der Waals surface area contributed by atoms with Gasteiger partial charge >= 0.3 is 0 Å². The fourth-order valence-corrected chi connectivity index (χ4v) is 15.6. The molecule has 0 unspecified atom stereocenters. The molecule has 0 aromatic heterocycles. The minimum absolute atomic E-state index is 0.844. The molecule has 0 aliphatic rings. The molecule has 0 radical (unpaired) electrons. The Morgan fingerprint density at radius 3 is 0.782 bits per heavy atom. The Balaban J connectivity index is 1.22. The SMILES string of the molecule is Brc1ccc([Si](c2ccc(Br)cc2)(c2ccc(OP(c3ccccc3)c3ccccc3)cc2)c2ccc(OP(c3ccccc3)c3ccccc3)cc2)cc1. The van der Waals surface area contributed by atoms with Crippen molar-refractivity contribution < 1.29 is 9.05 Å². The van der Waals surface area contributed by atoms with Gasteiger partial charge < -0.3 is 9.05 Å². The summed E-state index contributed by atoms with van der Waals surface area (Å²) in [7, 11) is -4.99. The standard InChI is InChI=1S/C48H36Br2O2P2Si/c49-37-21-29-45(30-22-37)55(46-31-23-38(50)24-32-46,47-33-25-39(26-34-47)51-53(41-13-5-1-6-14-41)42-15-7-2-8-16-42)48-35-27-40(28-36-48)52-54(43-17-9-3-10-18-43)44-19-11-4-12-20-44/h1-36H. The lowest BCUT2D eigenvalue weighted by Crippen LogP contribution is -2.74. The van der Waals surface area contributed by atoms with Crippen LogP contribution in [0.25, 0.3) is 0 Å². The molecule has 0 saturated carbocycles. The van der Waals surface area contributed by atoms with E-state index >= 15 is 0 Å². The zero-order chi connectivity index (χ0) is 37.5. The first-order chi connectivity index (χ1) is 27.1. The molecule has 0 N–H and O–H groups in total. The summed E-state index contributed by atoms with van der Waals surface area (Å²) < 4.78 is 15.9. The van der Waals surface area contributed by atoms with Gasteiger partial charge in [0.2, 0.25) is 0 Å². The van der Waals surface area contributed by atoms with Crippen LogP contribution in [0.4, 0.5) is 0 Å². The third-order valence-electron chi connectivity index (χ3n) is 9.49. The molecule has 0 aliphatic carbocycles. The Bertz CT molecular complexity index is 2160. The van der Waals surface area contributed by atoms with Gasteiger partial charge in [-0.3, -0.25) is 0 Å². The summed E-state index contributed by atoms with van der Waals surface area (Å²) in [6.45, 7) is 0. The minimum Gasteiger partial charge on any atom is -0.464 e. The van der Waals surface area contributed by atoms with E-state index < -0.39 is 24.4 Å². The summed E-state index contributed by atoms with van der Waals surface area (Å²) in [4.78, 5) is 0. The molecule has 55 heavy (non-hydrogen) atoms. The molecule has 268 valence electrons. The lowest BCUT2D eigenvalue weighted by atomic mass is 10.3. The van der Waals surface area contributed by atoms with E-state index in [-0.39, 0.29) is 0 Å². The molecular formula is C48H36Br2O2P2Si. The average molecular weight is 895 g/mol. The highest BCUT2D eigenvalue weighted by Gasteiger charge is 2.41. The molecule has 0 saturated heterocycles. The van der Waals surface area contributed by atoms with Crippen LogP contribution >= 0.6 is 48.2 Å². The Morgan fingerprint density at radius 2 is 0.527 bits per heavy atom. The molecule has 7 heteroatoms. The van der Waals surface area contributed by atoms with Gasteiger partial charge in [-0.1, -0.05) is 202 Å². The second-order valence-electron chi connectivity index (χ2n) is 12.9. The van der Waals surface area contributed by atoms with Crippen LogP contribution in [0.1, 0.15) is 0 Å². The third-order valence-corrected chi connectivity index (χ3v) is 19.2. The van der Waals surface area contributed by atoms with Crippen LogP contribution in [-0.2, 0) is 0 Å². The van der Waals surface area contributed by atoms with Crippen molar-refractivity contribution in [2.75, 3.05) is 0 Å². The molecular weight excluding hydrogens is 858 g/mol. The second kappa shape index (κ2) is 17.5. The summed E-state index contributed by atoms with van der Waals surface area (Å²) in [5, 5.41) is 9.78. The zero-order valence-electron chi connectivity index (χ0n) is 29.8. The quantitative estimate of drug-likeness (QED) is 0.0692. The van der Waals surface area contributed by atoms with Crippen molar-refractivity contribution in [2.45, 2.75) is 0 Å². The topological polar surface area (TPSA) is 18.5 Å². The Hall–Kier alpha value is -4.60. The summed E-state index contributed by atoms with van der Waals surface area (Å²) in [6.07, 6.45) is 0. The first kappa shape index (κ1) is 37.3. The van der Waals surface area contributed by atoms with Crippen LogP contribution in [0.3, 0.4) is 0 Å². The highest BCUT2D eigenvalue weighted by atomic mass is 79.9. The molecule has 0 spiro atoms. The van der Waals surface area contributed by atoms with E-state index in [1.807, 2.05) is 0 Å². The van der Waals surface area contributed by atoms with Crippen molar-refractivity contribution in [1.29, 1.82) is 0 Å². The normalized spacial score (nSPS) is 11.4. The second-order valence-corrected chi connectivity index (χ2v) is 22.2. The van der Waals surface area contributed by atoms with Crippen LogP contribution in [0.15, 0.2) is 227 Å². The van der Waals surface area contributed by atoms with Gasteiger partial charge in [0.1, 0.15) is 11.5 Å². The zero-order valence-corrected chi connectivity index (χ0v) is 35.7. The van der Waals surface area contributed by atoms with Crippen LogP contribution < -0.4 is 51.0 Å². The molecule has 0 atom stereocenters. The summed E-state index contributed by atoms with van der Waals surface area (Å²) >= 11 is 7.42. The predicted molar refractivity (Wildman–Crippen MR) is 245 cm³/mol. The van der Waals surface area contributed by atoms with Crippen molar-refractivity contribution in [3.63, 3.8) is 0 Å². The van der Waals surface area contributed by atoms with Gasteiger partial charge in [-0.05, 0) is 69.3 Å². The molecule has 2 nitrogen and oxygen atoms in total. The highest BCUT2D eigenvalue weighted by molar-refractivity contribution is 9.10. The van der Waals surface area contributed by atoms with E-state index in [2.05, 4.69) is 250 Å². The van der Waals surface area contributed by atoms with Crippen LogP contribution in [0.2, 0.25) is 0 Å². The van der Waals surface area contributed by atoms with Crippen LogP contribution in [-0.4, -0.2) is 8.07 Å². The van der Waals surface area contributed by atoms with Crippen molar-refractivity contribution >= 4 is 98.2 Å². The summed E-state index contributed by atoms with van der Waals surface area (Å²) in [6, 6.07) is 77.6. The van der Waals surface area contributed by atoms with E-state index in [1.165, 1.54) is 42.0 Å². The van der Waals surface area contributed by atoms with E-state index in [9.17, 15) is 0 Å². The minimum atomic E-state index is -2.87. The van der Waals surface area contributed by atoms with Crippen molar-refractivity contribution in [1.82, 2.24) is 0 Å². The number of hydrogen-bond acceptors (Lipinski definition) is 2. The lowest BCUT2D eigenvalue weighted by molar-refractivity contribution is 0.630. The highest BCUT2D eigenvalue weighted by Crippen LogP contribution is 2.37.